The Labute approximate surface area is 152 Å². The molecule has 0 spiro atoms. The predicted molar refractivity (Wildman–Crippen MR) is 96.4 cm³/mol. The zero-order valence-corrected chi connectivity index (χ0v) is 14.5. The van der Waals surface area contributed by atoms with Crippen LogP contribution in [0.4, 0.5) is 11.4 Å². The Morgan fingerprint density at radius 3 is 2.52 bits per heavy atom. The summed E-state index contributed by atoms with van der Waals surface area (Å²) in [6.45, 7) is 0.442. The van der Waals surface area contributed by atoms with Crippen LogP contribution in [0, 0.1) is 21.4 Å². The molecular weight excluding hydrogens is 388 g/mol. The molecule has 126 valence electrons. The minimum atomic E-state index is -0.601. The number of halogens is 1. The van der Waals surface area contributed by atoms with Gasteiger partial charge in [-0.25, -0.2) is 0 Å². The number of hydrogen-bond donors (Lipinski definition) is 2. The molecule has 0 saturated heterocycles. The third-order valence-electron chi connectivity index (χ3n) is 3.20. The number of nitro benzene ring substituents is 1. The molecule has 0 aliphatic rings. The number of carbonyl (C=O) groups is 1. The third-order valence-corrected chi connectivity index (χ3v) is 3.97. The fourth-order valence-electron chi connectivity index (χ4n) is 1.92. The summed E-state index contributed by atoms with van der Waals surface area (Å²) in [6.07, 6.45) is 1.33. The van der Waals surface area contributed by atoms with E-state index < -0.39 is 10.8 Å². The summed E-state index contributed by atoms with van der Waals surface area (Å²) >= 11 is 3.42. The number of hydrogen-bond acceptors (Lipinski definition) is 5. The molecule has 0 atom stereocenters. The number of rotatable bonds is 6. The lowest BCUT2D eigenvalue weighted by atomic mass is 10.2. The Morgan fingerprint density at radius 2 is 1.92 bits per heavy atom. The summed E-state index contributed by atoms with van der Waals surface area (Å²) in [5.41, 5.74) is 1.16. The van der Waals surface area contributed by atoms with Crippen molar-refractivity contribution >= 4 is 33.2 Å². The van der Waals surface area contributed by atoms with E-state index in [1.54, 1.807) is 0 Å². The van der Waals surface area contributed by atoms with Crippen LogP contribution in [-0.2, 0) is 11.3 Å². The van der Waals surface area contributed by atoms with Gasteiger partial charge in [0.2, 0.25) is 0 Å². The van der Waals surface area contributed by atoms with E-state index in [9.17, 15) is 14.9 Å². The predicted octanol–water partition coefficient (Wildman–Crippen LogP) is 3.49. The molecule has 1 amide bonds. The van der Waals surface area contributed by atoms with Gasteiger partial charge in [-0.05, 0) is 23.8 Å². The second kappa shape index (κ2) is 8.61. The Morgan fingerprint density at radius 1 is 1.24 bits per heavy atom. The minimum absolute atomic E-state index is 0.0795. The lowest BCUT2D eigenvalue weighted by Gasteiger charge is -2.06. The SMILES string of the molecule is N#C/C(=C/NCc1ccccc1Br)C(=O)Nc1ccc([N+](=O)[O-])cc1. The first kappa shape index (κ1) is 18.2. The lowest BCUT2D eigenvalue weighted by molar-refractivity contribution is -0.384. The monoisotopic (exact) mass is 400 g/mol. The second-order valence-corrected chi connectivity index (χ2v) is 5.75. The number of nitrogens with one attached hydrogen (secondary N) is 2. The van der Waals surface area contributed by atoms with Crippen LogP contribution < -0.4 is 10.6 Å². The molecule has 2 aromatic carbocycles. The third kappa shape index (κ3) is 5.16. The topological polar surface area (TPSA) is 108 Å². The van der Waals surface area contributed by atoms with Crippen molar-refractivity contribution in [3.63, 3.8) is 0 Å². The number of amides is 1. The van der Waals surface area contributed by atoms with E-state index >= 15 is 0 Å². The van der Waals surface area contributed by atoms with Gasteiger partial charge in [0.15, 0.2) is 0 Å². The lowest BCUT2D eigenvalue weighted by Crippen LogP contribution is -2.16. The molecule has 0 saturated carbocycles. The van der Waals surface area contributed by atoms with Crippen molar-refractivity contribution in [2.75, 3.05) is 5.32 Å². The van der Waals surface area contributed by atoms with E-state index in [4.69, 9.17) is 5.26 Å². The molecule has 8 heteroatoms. The van der Waals surface area contributed by atoms with Gasteiger partial charge < -0.3 is 10.6 Å². The Balaban J connectivity index is 1.99. The number of anilines is 1. The van der Waals surface area contributed by atoms with E-state index in [2.05, 4.69) is 26.6 Å². The molecule has 0 fully saturated rings. The number of nitrogens with zero attached hydrogens (tertiary/aromatic N) is 2. The van der Waals surface area contributed by atoms with Crippen LogP contribution in [0.25, 0.3) is 0 Å². The van der Waals surface area contributed by atoms with Crippen molar-refractivity contribution in [1.29, 1.82) is 5.26 Å². The second-order valence-electron chi connectivity index (χ2n) is 4.90. The summed E-state index contributed by atoms with van der Waals surface area (Å²) in [5.74, 6) is -0.601. The molecule has 7 nitrogen and oxygen atoms in total. The Kier molecular flexibility index (Phi) is 6.26. The summed E-state index contributed by atoms with van der Waals surface area (Å²) < 4.78 is 0.921. The van der Waals surface area contributed by atoms with Gasteiger partial charge in [0.1, 0.15) is 11.6 Å². The number of non-ortho nitro benzene ring substituents is 1. The van der Waals surface area contributed by atoms with Crippen molar-refractivity contribution in [3.8, 4) is 6.07 Å². The fourth-order valence-corrected chi connectivity index (χ4v) is 2.34. The van der Waals surface area contributed by atoms with E-state index in [1.807, 2.05) is 30.3 Å². The quantitative estimate of drug-likeness (QED) is 0.333. The molecule has 0 aromatic heterocycles. The van der Waals surface area contributed by atoms with Crippen molar-refractivity contribution in [2.45, 2.75) is 6.54 Å². The summed E-state index contributed by atoms with van der Waals surface area (Å²) in [5, 5.41) is 25.2. The first-order chi connectivity index (χ1) is 12.0. The first-order valence-corrected chi connectivity index (χ1v) is 7.93. The molecule has 25 heavy (non-hydrogen) atoms. The molecular formula is C17H13BrN4O3. The van der Waals surface area contributed by atoms with Crippen LogP contribution >= 0.6 is 15.9 Å². The maximum atomic E-state index is 12.1. The van der Waals surface area contributed by atoms with Gasteiger partial charge in [0.05, 0.1) is 4.92 Å². The highest BCUT2D eigenvalue weighted by Crippen LogP contribution is 2.17. The van der Waals surface area contributed by atoms with Crippen molar-refractivity contribution in [2.24, 2.45) is 0 Å². The minimum Gasteiger partial charge on any atom is -0.386 e. The number of nitriles is 1. The van der Waals surface area contributed by atoms with Crippen molar-refractivity contribution in [1.82, 2.24) is 5.32 Å². The van der Waals surface area contributed by atoms with Crippen molar-refractivity contribution in [3.05, 3.63) is 80.5 Å². The van der Waals surface area contributed by atoms with Crippen LogP contribution in [0.3, 0.4) is 0 Å². The molecule has 2 aromatic rings. The largest absolute Gasteiger partial charge is 0.386 e. The van der Waals surface area contributed by atoms with E-state index in [1.165, 1.54) is 30.5 Å². The van der Waals surface area contributed by atoms with E-state index in [-0.39, 0.29) is 11.3 Å². The average Bonchev–Trinajstić information content (AvgIpc) is 2.60. The van der Waals surface area contributed by atoms with Crippen LogP contribution in [0.5, 0.6) is 0 Å². The average molecular weight is 401 g/mol. The number of nitro groups is 1. The highest BCUT2D eigenvalue weighted by molar-refractivity contribution is 9.10. The van der Waals surface area contributed by atoms with E-state index in [0.717, 1.165) is 10.0 Å². The molecule has 0 bridgehead atoms. The highest BCUT2D eigenvalue weighted by Gasteiger charge is 2.10. The molecule has 2 N–H and O–H groups in total. The zero-order chi connectivity index (χ0) is 18.2. The van der Waals surface area contributed by atoms with Gasteiger partial charge in [-0.1, -0.05) is 34.1 Å². The maximum absolute atomic E-state index is 12.1. The van der Waals surface area contributed by atoms with Crippen LogP contribution in [-0.4, -0.2) is 10.8 Å². The molecule has 0 aliphatic carbocycles. The zero-order valence-electron chi connectivity index (χ0n) is 12.9. The summed E-state index contributed by atoms with van der Waals surface area (Å²) in [6, 6.07) is 14.8. The van der Waals surface area contributed by atoms with Gasteiger partial charge in [-0.3, -0.25) is 14.9 Å². The van der Waals surface area contributed by atoms with Gasteiger partial charge in [-0.15, -0.1) is 0 Å². The van der Waals surface area contributed by atoms with E-state index in [0.29, 0.717) is 12.2 Å². The van der Waals surface area contributed by atoms with Gasteiger partial charge in [0, 0.05) is 35.0 Å². The molecule has 2 rings (SSSR count). The maximum Gasteiger partial charge on any atom is 0.269 e. The Bertz CT molecular complexity index is 857. The molecule has 0 heterocycles. The van der Waals surface area contributed by atoms with Crippen LogP contribution in [0.2, 0.25) is 0 Å². The first-order valence-electron chi connectivity index (χ1n) is 7.14. The highest BCUT2D eigenvalue weighted by atomic mass is 79.9. The standard InChI is InChI=1S/C17H13BrN4O3/c18-16-4-2-1-3-12(16)10-20-11-13(9-19)17(23)21-14-5-7-15(8-6-14)22(24)25/h1-8,11,20H,10H2,(H,21,23)/b13-11-. The van der Waals surface area contributed by atoms with Crippen LogP contribution in [0.1, 0.15) is 5.56 Å². The fraction of sp³-hybridized carbons (Fsp3) is 0.0588. The Hall–Kier alpha value is -3.18. The molecule has 0 unspecified atom stereocenters. The van der Waals surface area contributed by atoms with Gasteiger partial charge >= 0.3 is 0 Å². The smallest absolute Gasteiger partial charge is 0.269 e. The molecule has 0 radical (unpaired) electrons. The van der Waals surface area contributed by atoms with Crippen LogP contribution in [0.15, 0.2) is 64.8 Å². The molecule has 0 aliphatic heterocycles. The van der Waals surface area contributed by atoms with Crippen molar-refractivity contribution < 1.29 is 9.72 Å². The number of carbonyl (C=O) groups excluding carboxylic acids is 1. The van der Waals surface area contributed by atoms with Gasteiger partial charge in [0.25, 0.3) is 11.6 Å². The normalized spacial score (nSPS) is 10.6. The summed E-state index contributed by atoms with van der Waals surface area (Å²) in [4.78, 5) is 22.2. The number of benzene rings is 2. The van der Waals surface area contributed by atoms with Gasteiger partial charge in [-0.2, -0.15) is 5.26 Å². The summed E-state index contributed by atoms with van der Waals surface area (Å²) in [7, 11) is 0.